The molecule has 8 heteroatoms. The number of nitrogens with zero attached hydrogens (tertiary/aromatic N) is 2. The number of carboxylic acids is 1. The average molecular weight is 349 g/mol. The van der Waals surface area contributed by atoms with Gasteiger partial charge in [-0.3, -0.25) is 9.59 Å². The molecule has 1 fully saturated rings. The van der Waals surface area contributed by atoms with Crippen LogP contribution in [0.2, 0.25) is 0 Å². The van der Waals surface area contributed by atoms with Crippen LogP contribution >= 0.6 is 11.8 Å². The van der Waals surface area contributed by atoms with Crippen LogP contribution in [0.1, 0.15) is 32.3 Å². The van der Waals surface area contributed by atoms with E-state index >= 15 is 0 Å². The van der Waals surface area contributed by atoms with Crippen molar-refractivity contribution < 1.29 is 19.4 Å². The normalized spacial score (nSPS) is 19.4. The number of rotatable bonds is 7. The largest absolute Gasteiger partial charge is 0.494 e. The summed E-state index contributed by atoms with van der Waals surface area (Å²) < 4.78 is 5.52. The molecule has 24 heavy (non-hydrogen) atoms. The topological polar surface area (TPSA) is 100 Å². The molecule has 1 aromatic rings. The van der Waals surface area contributed by atoms with E-state index in [0.29, 0.717) is 17.5 Å². The summed E-state index contributed by atoms with van der Waals surface area (Å²) in [5.74, 6) is -0.574. The van der Waals surface area contributed by atoms with Crippen molar-refractivity contribution in [1.82, 2.24) is 5.32 Å². The van der Waals surface area contributed by atoms with E-state index < -0.39 is 11.2 Å². The molecule has 0 unspecified atom stereocenters. The van der Waals surface area contributed by atoms with Crippen LogP contribution in [0.4, 0.5) is 0 Å². The average Bonchev–Trinajstić information content (AvgIpc) is 2.90. The molecule has 0 aromatic heterocycles. The minimum atomic E-state index is -1.02. The fraction of sp³-hybridized carbons (Fsp3) is 0.375. The smallest absolute Gasteiger partial charge is 0.305 e. The Morgan fingerprint density at radius 1 is 1.38 bits per heavy atom. The SMILES string of the molecule is CCCOc1ccc(/C(C)=N/N=C2/NC(=O)[C@@H](CC(=O)O)S2)cc1. The molecule has 1 aromatic carbocycles. The Balaban J connectivity index is 2.00. The number of hydrogen-bond acceptors (Lipinski definition) is 6. The molecule has 1 aliphatic heterocycles. The summed E-state index contributed by atoms with van der Waals surface area (Å²) in [6, 6.07) is 7.51. The van der Waals surface area contributed by atoms with Crippen LogP contribution in [0.25, 0.3) is 0 Å². The molecule has 2 rings (SSSR count). The minimum Gasteiger partial charge on any atom is -0.494 e. The lowest BCUT2D eigenvalue weighted by atomic mass is 10.1. The molecule has 0 spiro atoms. The molecular weight excluding hydrogens is 330 g/mol. The van der Waals surface area contributed by atoms with Crippen molar-refractivity contribution in [3.63, 3.8) is 0 Å². The number of amides is 1. The Bertz CT molecular complexity index is 670. The zero-order chi connectivity index (χ0) is 17.5. The number of carboxylic acid groups (broad SMARTS) is 1. The summed E-state index contributed by atoms with van der Waals surface area (Å²) in [6.45, 7) is 4.53. The molecule has 1 atom stereocenters. The third kappa shape index (κ3) is 5.09. The van der Waals surface area contributed by atoms with E-state index in [1.54, 1.807) is 0 Å². The van der Waals surface area contributed by atoms with Crippen molar-refractivity contribution in [1.29, 1.82) is 0 Å². The highest BCUT2D eigenvalue weighted by atomic mass is 32.2. The van der Waals surface area contributed by atoms with E-state index in [0.717, 1.165) is 29.5 Å². The van der Waals surface area contributed by atoms with Gasteiger partial charge in [0.2, 0.25) is 5.91 Å². The Labute approximate surface area is 144 Å². The van der Waals surface area contributed by atoms with Gasteiger partial charge >= 0.3 is 5.97 Å². The summed E-state index contributed by atoms with van der Waals surface area (Å²) >= 11 is 1.08. The number of thioether (sulfide) groups is 1. The predicted molar refractivity (Wildman–Crippen MR) is 93.6 cm³/mol. The number of amidine groups is 1. The van der Waals surface area contributed by atoms with Gasteiger partial charge in [-0.15, -0.1) is 5.10 Å². The van der Waals surface area contributed by atoms with Crippen molar-refractivity contribution in [2.24, 2.45) is 10.2 Å². The van der Waals surface area contributed by atoms with E-state index in [-0.39, 0.29) is 12.3 Å². The lowest BCUT2D eigenvalue weighted by molar-refractivity contribution is -0.138. The summed E-state index contributed by atoms with van der Waals surface area (Å²) in [5, 5.41) is 19.0. The van der Waals surface area contributed by atoms with Crippen LogP contribution in [0.15, 0.2) is 34.5 Å². The molecule has 1 amide bonds. The van der Waals surface area contributed by atoms with Crippen molar-refractivity contribution in [3.8, 4) is 5.75 Å². The van der Waals surface area contributed by atoms with E-state index in [1.165, 1.54) is 0 Å². The van der Waals surface area contributed by atoms with Crippen LogP contribution in [-0.4, -0.2) is 39.7 Å². The van der Waals surface area contributed by atoms with Gasteiger partial charge in [-0.1, -0.05) is 18.7 Å². The van der Waals surface area contributed by atoms with Gasteiger partial charge in [0.1, 0.15) is 11.0 Å². The maximum absolute atomic E-state index is 11.6. The molecule has 2 N–H and O–H groups in total. The fourth-order valence-corrected chi connectivity index (χ4v) is 2.84. The zero-order valence-electron chi connectivity index (χ0n) is 13.5. The third-order valence-corrected chi connectivity index (χ3v) is 4.24. The lowest BCUT2D eigenvalue weighted by Gasteiger charge is -2.05. The molecule has 128 valence electrons. The molecule has 1 saturated heterocycles. The van der Waals surface area contributed by atoms with Crippen LogP contribution in [0.5, 0.6) is 5.75 Å². The van der Waals surface area contributed by atoms with Crippen molar-refractivity contribution in [2.75, 3.05) is 6.61 Å². The first-order chi connectivity index (χ1) is 11.5. The van der Waals surface area contributed by atoms with Crippen LogP contribution < -0.4 is 10.1 Å². The van der Waals surface area contributed by atoms with Crippen LogP contribution in [0, 0.1) is 0 Å². The molecule has 0 aliphatic carbocycles. The first kappa shape index (κ1) is 18.0. The van der Waals surface area contributed by atoms with E-state index in [2.05, 4.69) is 15.5 Å². The minimum absolute atomic E-state index is 0.239. The highest BCUT2D eigenvalue weighted by molar-refractivity contribution is 8.15. The number of aliphatic carboxylic acids is 1. The molecule has 1 heterocycles. The number of carbonyl (C=O) groups is 2. The van der Waals surface area contributed by atoms with Crippen molar-refractivity contribution in [2.45, 2.75) is 31.9 Å². The second-order valence-corrected chi connectivity index (χ2v) is 6.35. The molecule has 0 saturated carbocycles. The van der Waals surface area contributed by atoms with Gasteiger partial charge in [0, 0.05) is 0 Å². The highest BCUT2D eigenvalue weighted by Crippen LogP contribution is 2.22. The number of benzene rings is 1. The highest BCUT2D eigenvalue weighted by Gasteiger charge is 2.32. The summed E-state index contributed by atoms with van der Waals surface area (Å²) in [7, 11) is 0. The van der Waals surface area contributed by atoms with Crippen molar-refractivity contribution >= 4 is 34.5 Å². The van der Waals surface area contributed by atoms with Crippen LogP contribution in [0.3, 0.4) is 0 Å². The molecule has 0 radical (unpaired) electrons. The monoisotopic (exact) mass is 349 g/mol. The van der Waals surface area contributed by atoms with E-state index in [9.17, 15) is 9.59 Å². The van der Waals surface area contributed by atoms with Gasteiger partial charge in [-0.05, 0) is 43.2 Å². The molecule has 1 aliphatic rings. The third-order valence-electron chi connectivity index (χ3n) is 3.17. The first-order valence-corrected chi connectivity index (χ1v) is 8.42. The Morgan fingerprint density at radius 3 is 2.71 bits per heavy atom. The lowest BCUT2D eigenvalue weighted by Crippen LogP contribution is -2.26. The second kappa shape index (κ2) is 8.49. The standard InChI is InChI=1S/C16H19N3O4S/c1-3-8-23-12-6-4-11(5-7-12)10(2)18-19-16-17-15(22)13(24-16)9-14(20)21/h4-7,13H,3,8-9H2,1-2H3,(H,20,21)(H,17,19,22)/b18-10+/t13-/m1/s1. The van der Waals surface area contributed by atoms with Gasteiger partial charge in [-0.25, -0.2) is 0 Å². The van der Waals surface area contributed by atoms with Gasteiger partial charge in [0.15, 0.2) is 5.17 Å². The Morgan fingerprint density at radius 2 is 2.08 bits per heavy atom. The maximum atomic E-state index is 11.6. The first-order valence-electron chi connectivity index (χ1n) is 7.54. The number of carbonyl (C=O) groups excluding carboxylic acids is 1. The van der Waals surface area contributed by atoms with Crippen LogP contribution in [-0.2, 0) is 9.59 Å². The van der Waals surface area contributed by atoms with Gasteiger partial charge in [-0.2, -0.15) is 5.10 Å². The molecule has 7 nitrogen and oxygen atoms in total. The maximum Gasteiger partial charge on any atom is 0.305 e. The van der Waals surface area contributed by atoms with E-state index in [1.807, 2.05) is 38.1 Å². The number of nitrogens with one attached hydrogen (secondary N) is 1. The quantitative estimate of drug-likeness (QED) is 0.581. The van der Waals surface area contributed by atoms with Gasteiger partial charge in [0.25, 0.3) is 0 Å². The summed E-state index contributed by atoms with van der Waals surface area (Å²) in [4.78, 5) is 22.3. The Kier molecular flexibility index (Phi) is 6.36. The van der Waals surface area contributed by atoms with Gasteiger partial charge < -0.3 is 15.2 Å². The Hall–Kier alpha value is -2.35. The zero-order valence-corrected chi connectivity index (χ0v) is 14.3. The van der Waals surface area contributed by atoms with Crippen molar-refractivity contribution in [3.05, 3.63) is 29.8 Å². The predicted octanol–water partition coefficient (Wildman–Crippen LogP) is 2.26. The molecule has 0 bridgehead atoms. The van der Waals surface area contributed by atoms with E-state index in [4.69, 9.17) is 9.84 Å². The number of hydrogen-bond donors (Lipinski definition) is 2. The second-order valence-electron chi connectivity index (χ2n) is 5.16. The molecular formula is C16H19N3O4S. The fourth-order valence-electron chi connectivity index (χ4n) is 1.94. The summed E-state index contributed by atoms with van der Waals surface area (Å²) in [6.07, 6.45) is 0.712. The number of ether oxygens (including phenoxy) is 1. The van der Waals surface area contributed by atoms with Gasteiger partial charge in [0.05, 0.1) is 18.7 Å². The summed E-state index contributed by atoms with van der Waals surface area (Å²) in [5.41, 5.74) is 1.57.